The lowest BCUT2D eigenvalue weighted by atomic mass is 10.1. The van der Waals surface area contributed by atoms with Crippen molar-refractivity contribution in [3.63, 3.8) is 0 Å². The van der Waals surface area contributed by atoms with E-state index in [0.29, 0.717) is 22.1 Å². The molecule has 2 aromatic carbocycles. The van der Waals surface area contributed by atoms with Crippen LogP contribution in [0.3, 0.4) is 0 Å². The Morgan fingerprint density at radius 1 is 1.19 bits per heavy atom. The molecule has 166 valence electrons. The highest BCUT2D eigenvalue weighted by Crippen LogP contribution is 2.45. The molecule has 0 saturated carbocycles. The van der Waals surface area contributed by atoms with E-state index in [0.717, 1.165) is 18.6 Å². The van der Waals surface area contributed by atoms with Crippen LogP contribution >= 0.6 is 23.4 Å². The summed E-state index contributed by atoms with van der Waals surface area (Å²) >= 11 is 7.86. The molecule has 6 nitrogen and oxygen atoms in total. The largest absolute Gasteiger partial charge is 0.447 e. The molecule has 1 amide bonds. The summed E-state index contributed by atoms with van der Waals surface area (Å²) in [6.07, 6.45) is 1.11. The van der Waals surface area contributed by atoms with E-state index in [9.17, 15) is 9.18 Å². The first-order chi connectivity index (χ1) is 15.5. The first-order valence-corrected chi connectivity index (χ1v) is 11.8. The molecule has 0 N–H and O–H groups in total. The van der Waals surface area contributed by atoms with Crippen LogP contribution in [0.4, 0.5) is 10.1 Å². The number of anilines is 1. The van der Waals surface area contributed by atoms with Gasteiger partial charge < -0.3 is 4.74 Å². The van der Waals surface area contributed by atoms with E-state index in [-0.39, 0.29) is 28.8 Å². The quantitative estimate of drug-likeness (QED) is 0.321. The minimum absolute atomic E-state index is 0.0671. The average molecular weight is 473 g/mol. The molecule has 9 heteroatoms. The predicted octanol–water partition coefficient (Wildman–Crippen LogP) is 6.06. The summed E-state index contributed by atoms with van der Waals surface area (Å²) in [5.41, 5.74) is 1.62. The van der Waals surface area contributed by atoms with Gasteiger partial charge in [-0.15, -0.1) is 10.2 Å². The van der Waals surface area contributed by atoms with Crippen LogP contribution in [-0.2, 0) is 4.79 Å². The molecule has 0 unspecified atom stereocenters. The molecule has 0 spiro atoms. The van der Waals surface area contributed by atoms with E-state index in [2.05, 4.69) is 22.1 Å². The lowest BCUT2D eigenvalue weighted by Gasteiger charge is -2.31. The molecule has 0 aliphatic carbocycles. The fourth-order valence-electron chi connectivity index (χ4n) is 3.46. The van der Waals surface area contributed by atoms with E-state index in [1.165, 1.54) is 28.8 Å². The topological polar surface area (TPSA) is 68.2 Å². The molecule has 0 saturated heterocycles. The van der Waals surface area contributed by atoms with Gasteiger partial charge in [-0.1, -0.05) is 67.9 Å². The van der Waals surface area contributed by atoms with E-state index in [4.69, 9.17) is 16.3 Å². The number of rotatable bonds is 6. The number of carbonyl (C=O) groups is 1. The van der Waals surface area contributed by atoms with Crippen LogP contribution in [0, 0.1) is 5.82 Å². The second kappa shape index (κ2) is 9.83. The number of fused-ring (bicyclic) bond motifs is 3. The van der Waals surface area contributed by atoms with Crippen molar-refractivity contribution in [3.05, 3.63) is 58.9 Å². The number of hydrogen-bond acceptors (Lipinski definition) is 6. The lowest BCUT2D eigenvalue weighted by Crippen LogP contribution is -2.38. The number of ether oxygens (including phenoxy) is 1. The molecular formula is C23H22ClFN4O2S. The fraction of sp³-hybridized carbons (Fsp3) is 0.304. The highest BCUT2D eigenvalue weighted by atomic mass is 35.5. The van der Waals surface area contributed by atoms with Crippen molar-refractivity contribution >= 4 is 35.0 Å². The summed E-state index contributed by atoms with van der Waals surface area (Å²) in [5.74, 6) is 0.204. The van der Waals surface area contributed by atoms with Crippen LogP contribution in [-0.4, -0.2) is 26.8 Å². The second-order valence-corrected chi connectivity index (χ2v) is 8.66. The van der Waals surface area contributed by atoms with Gasteiger partial charge in [-0.2, -0.15) is 4.98 Å². The third kappa shape index (κ3) is 4.29. The molecule has 4 rings (SSSR count). The number of aromatic nitrogens is 3. The zero-order valence-electron chi connectivity index (χ0n) is 17.7. The van der Waals surface area contributed by atoms with Crippen LogP contribution in [0.25, 0.3) is 11.3 Å². The second-order valence-electron chi connectivity index (χ2n) is 7.19. The minimum atomic E-state index is -1.15. The molecule has 2 heterocycles. The van der Waals surface area contributed by atoms with Crippen molar-refractivity contribution in [2.24, 2.45) is 0 Å². The molecule has 0 radical (unpaired) electrons. The maximum atomic E-state index is 15.0. The number of halogens is 2. The van der Waals surface area contributed by atoms with E-state index in [1.54, 1.807) is 25.1 Å². The summed E-state index contributed by atoms with van der Waals surface area (Å²) in [7, 11) is 0. The summed E-state index contributed by atoms with van der Waals surface area (Å²) in [5, 5.41) is 9.23. The Labute approximate surface area is 195 Å². The van der Waals surface area contributed by atoms with Gasteiger partial charge in [0.05, 0.1) is 16.3 Å². The highest BCUT2D eigenvalue weighted by molar-refractivity contribution is 7.99. The van der Waals surface area contributed by atoms with Crippen molar-refractivity contribution in [1.29, 1.82) is 0 Å². The zero-order valence-corrected chi connectivity index (χ0v) is 19.3. The van der Waals surface area contributed by atoms with Gasteiger partial charge in [-0.25, -0.2) is 4.39 Å². The Bertz CT molecular complexity index is 1130. The number of nitrogens with zero attached hydrogens (tertiary/aromatic N) is 4. The first kappa shape index (κ1) is 22.5. The predicted molar refractivity (Wildman–Crippen MR) is 123 cm³/mol. The number of hydrogen-bond donors (Lipinski definition) is 0. The molecule has 3 aromatic rings. The van der Waals surface area contributed by atoms with Crippen LogP contribution in [0.15, 0.2) is 47.6 Å². The van der Waals surface area contributed by atoms with Gasteiger partial charge in [0.1, 0.15) is 5.82 Å². The Morgan fingerprint density at radius 2 is 2.00 bits per heavy atom. The summed E-state index contributed by atoms with van der Waals surface area (Å²) in [6, 6.07) is 11.6. The Morgan fingerprint density at radius 3 is 2.75 bits per heavy atom. The van der Waals surface area contributed by atoms with Crippen LogP contribution in [0.1, 0.15) is 44.9 Å². The number of para-hydroxylation sites is 1. The molecular weight excluding hydrogens is 451 g/mol. The minimum Gasteiger partial charge on any atom is -0.447 e. The van der Waals surface area contributed by atoms with Gasteiger partial charge in [0, 0.05) is 17.7 Å². The molecule has 1 aliphatic rings. The average Bonchev–Trinajstić information content (AvgIpc) is 2.93. The van der Waals surface area contributed by atoms with Gasteiger partial charge >= 0.3 is 0 Å². The van der Waals surface area contributed by atoms with Crippen molar-refractivity contribution in [2.75, 3.05) is 10.7 Å². The number of unbranched alkanes of at least 4 members (excludes halogenated alkanes) is 1. The molecule has 0 fully saturated rings. The van der Waals surface area contributed by atoms with Gasteiger partial charge in [0.15, 0.2) is 5.69 Å². The van der Waals surface area contributed by atoms with E-state index in [1.807, 2.05) is 12.1 Å². The number of benzene rings is 2. The maximum absolute atomic E-state index is 15.0. The maximum Gasteiger partial charge on any atom is 0.247 e. The fourth-order valence-corrected chi connectivity index (χ4v) is 4.57. The molecule has 1 aliphatic heterocycles. The van der Waals surface area contributed by atoms with E-state index < -0.39 is 12.0 Å². The normalized spacial score (nSPS) is 14.9. The van der Waals surface area contributed by atoms with Crippen molar-refractivity contribution in [1.82, 2.24) is 15.2 Å². The molecule has 32 heavy (non-hydrogen) atoms. The van der Waals surface area contributed by atoms with Crippen LogP contribution < -0.4 is 9.64 Å². The molecule has 0 bridgehead atoms. The van der Waals surface area contributed by atoms with E-state index >= 15 is 0 Å². The van der Waals surface area contributed by atoms with Gasteiger partial charge in [-0.3, -0.25) is 9.69 Å². The molecule has 1 aromatic heterocycles. The summed E-state index contributed by atoms with van der Waals surface area (Å²) in [6.45, 7) is 3.85. The Kier molecular flexibility index (Phi) is 6.91. The zero-order chi connectivity index (χ0) is 22.7. The standard InChI is InChI=1S/C23H22ClFN4O2S/c1-3-5-13-32-23-26-21-20(27-28-23)14-9-6-7-12-17(14)29(18(30)4-2)22(31-21)19-15(24)10-8-11-16(19)25/h6-12,22H,3-5,13H2,1-2H3/t22-/m1/s1. The van der Waals surface area contributed by atoms with Crippen molar-refractivity contribution < 1.29 is 13.9 Å². The lowest BCUT2D eigenvalue weighted by molar-refractivity contribution is -0.120. The Balaban J connectivity index is 1.91. The Hall–Kier alpha value is -2.71. The number of carbonyl (C=O) groups excluding carboxylic acids is 1. The highest BCUT2D eigenvalue weighted by Gasteiger charge is 2.37. The monoisotopic (exact) mass is 472 g/mol. The summed E-state index contributed by atoms with van der Waals surface area (Å²) < 4.78 is 21.2. The first-order valence-electron chi connectivity index (χ1n) is 10.4. The SMILES string of the molecule is CCCCSc1nnc2c(n1)O[C@H](c1c(F)cccc1Cl)N(C(=O)CC)c1ccccc1-2. The van der Waals surface area contributed by atoms with Crippen molar-refractivity contribution in [2.45, 2.75) is 44.5 Å². The van der Waals surface area contributed by atoms with Gasteiger partial charge in [0.25, 0.3) is 0 Å². The van der Waals surface area contributed by atoms with Crippen molar-refractivity contribution in [3.8, 4) is 17.1 Å². The smallest absolute Gasteiger partial charge is 0.247 e. The van der Waals surface area contributed by atoms with Gasteiger partial charge in [0.2, 0.25) is 23.2 Å². The summed E-state index contributed by atoms with van der Waals surface area (Å²) in [4.78, 5) is 19.1. The number of amides is 1. The van der Waals surface area contributed by atoms with Crippen LogP contribution in [0.5, 0.6) is 5.88 Å². The van der Waals surface area contributed by atoms with Crippen LogP contribution in [0.2, 0.25) is 5.02 Å². The van der Waals surface area contributed by atoms with Gasteiger partial charge in [-0.05, 0) is 24.6 Å². The third-order valence-electron chi connectivity index (χ3n) is 5.06. The third-order valence-corrected chi connectivity index (χ3v) is 6.31. The number of thioether (sulfide) groups is 1. The molecule has 1 atom stereocenters.